The largest absolute Gasteiger partial charge is 0.416 e. The minimum absolute atomic E-state index is 0.110. The molecule has 0 saturated carbocycles. The molecule has 3 N–H and O–H groups in total. The number of rotatable bonds is 3. The summed E-state index contributed by atoms with van der Waals surface area (Å²) in [5.74, 6) is -0.467. The predicted octanol–water partition coefficient (Wildman–Crippen LogP) is 2.51. The van der Waals surface area contributed by atoms with Crippen LogP contribution in [0.2, 0.25) is 0 Å². The fraction of sp³-hybridized carbons (Fsp3) is 0.500. The standard InChI is InChI=1S/C12H16F3NO/c1-8(7-16)11(2,17)9-5-3-4-6-10(9)12(13,14)15/h3-6,8,17H,7,16H2,1-2H3. The molecule has 1 rings (SSSR count). The van der Waals surface area contributed by atoms with Crippen molar-refractivity contribution in [3.8, 4) is 0 Å². The lowest BCUT2D eigenvalue weighted by Crippen LogP contribution is -2.36. The lowest BCUT2D eigenvalue weighted by atomic mass is 9.81. The second-order valence-electron chi connectivity index (χ2n) is 4.33. The number of halogens is 3. The summed E-state index contributed by atoms with van der Waals surface area (Å²) in [5.41, 5.74) is 2.87. The SMILES string of the molecule is CC(CN)C(C)(O)c1ccccc1C(F)(F)F. The van der Waals surface area contributed by atoms with Crippen molar-refractivity contribution in [2.24, 2.45) is 11.7 Å². The molecule has 0 heterocycles. The van der Waals surface area contributed by atoms with Gasteiger partial charge in [-0.05, 0) is 25.1 Å². The summed E-state index contributed by atoms with van der Waals surface area (Å²) in [5, 5.41) is 10.2. The van der Waals surface area contributed by atoms with Crippen LogP contribution in [0.15, 0.2) is 24.3 Å². The van der Waals surface area contributed by atoms with Crippen LogP contribution in [0.3, 0.4) is 0 Å². The number of benzene rings is 1. The second-order valence-corrected chi connectivity index (χ2v) is 4.33. The number of aliphatic hydroxyl groups is 1. The Balaban J connectivity index is 3.32. The molecule has 5 heteroatoms. The van der Waals surface area contributed by atoms with Gasteiger partial charge in [-0.25, -0.2) is 0 Å². The van der Waals surface area contributed by atoms with Crippen molar-refractivity contribution in [3.05, 3.63) is 35.4 Å². The first kappa shape index (κ1) is 14.0. The van der Waals surface area contributed by atoms with E-state index in [-0.39, 0.29) is 12.1 Å². The van der Waals surface area contributed by atoms with Gasteiger partial charge in [0.15, 0.2) is 0 Å². The smallest absolute Gasteiger partial charge is 0.385 e. The Hall–Kier alpha value is -1.07. The average Bonchev–Trinajstić information content (AvgIpc) is 2.26. The van der Waals surface area contributed by atoms with Crippen molar-refractivity contribution < 1.29 is 18.3 Å². The summed E-state index contributed by atoms with van der Waals surface area (Å²) in [6, 6.07) is 5.03. The molecule has 2 unspecified atom stereocenters. The van der Waals surface area contributed by atoms with Gasteiger partial charge in [0.1, 0.15) is 0 Å². The summed E-state index contributed by atoms with van der Waals surface area (Å²) < 4.78 is 38.4. The topological polar surface area (TPSA) is 46.2 Å². The van der Waals surface area contributed by atoms with Crippen molar-refractivity contribution in [1.82, 2.24) is 0 Å². The molecule has 96 valence electrons. The van der Waals surface area contributed by atoms with Crippen molar-refractivity contribution in [3.63, 3.8) is 0 Å². The minimum atomic E-state index is -4.48. The van der Waals surface area contributed by atoms with Gasteiger partial charge in [-0.1, -0.05) is 25.1 Å². The summed E-state index contributed by atoms with van der Waals surface area (Å²) in [7, 11) is 0. The van der Waals surface area contributed by atoms with Crippen molar-refractivity contribution in [1.29, 1.82) is 0 Å². The van der Waals surface area contributed by atoms with Gasteiger partial charge in [-0.3, -0.25) is 0 Å². The fourth-order valence-corrected chi connectivity index (χ4v) is 1.67. The zero-order valence-corrected chi connectivity index (χ0v) is 9.75. The lowest BCUT2D eigenvalue weighted by Gasteiger charge is -2.32. The van der Waals surface area contributed by atoms with Gasteiger partial charge in [-0.2, -0.15) is 13.2 Å². The van der Waals surface area contributed by atoms with Crippen LogP contribution in [-0.4, -0.2) is 11.7 Å². The highest BCUT2D eigenvalue weighted by molar-refractivity contribution is 5.34. The first-order valence-electron chi connectivity index (χ1n) is 5.30. The Morgan fingerprint density at radius 3 is 2.12 bits per heavy atom. The third kappa shape index (κ3) is 2.79. The number of alkyl halides is 3. The van der Waals surface area contributed by atoms with Gasteiger partial charge in [0, 0.05) is 5.92 Å². The zero-order chi connectivity index (χ0) is 13.3. The van der Waals surface area contributed by atoms with Gasteiger partial charge in [0.05, 0.1) is 11.2 Å². The molecule has 0 aromatic heterocycles. The van der Waals surface area contributed by atoms with E-state index in [0.717, 1.165) is 6.07 Å². The van der Waals surface area contributed by atoms with Gasteiger partial charge in [-0.15, -0.1) is 0 Å². The van der Waals surface area contributed by atoms with Crippen LogP contribution in [0.1, 0.15) is 25.0 Å². The Morgan fingerprint density at radius 2 is 1.71 bits per heavy atom. The summed E-state index contributed by atoms with van der Waals surface area (Å²) in [4.78, 5) is 0. The van der Waals surface area contributed by atoms with E-state index >= 15 is 0 Å². The van der Waals surface area contributed by atoms with E-state index in [9.17, 15) is 18.3 Å². The van der Waals surface area contributed by atoms with E-state index < -0.39 is 23.3 Å². The van der Waals surface area contributed by atoms with Crippen LogP contribution in [0.5, 0.6) is 0 Å². The number of hydrogen-bond acceptors (Lipinski definition) is 2. The maximum atomic E-state index is 12.8. The Labute approximate surface area is 98.3 Å². The quantitative estimate of drug-likeness (QED) is 0.862. The van der Waals surface area contributed by atoms with Crippen LogP contribution in [0.25, 0.3) is 0 Å². The third-order valence-electron chi connectivity index (χ3n) is 3.09. The molecule has 0 aliphatic rings. The zero-order valence-electron chi connectivity index (χ0n) is 9.75. The highest BCUT2D eigenvalue weighted by Gasteiger charge is 2.40. The molecule has 1 aromatic rings. The van der Waals surface area contributed by atoms with E-state index in [1.54, 1.807) is 6.92 Å². The maximum absolute atomic E-state index is 12.8. The molecule has 0 spiro atoms. The van der Waals surface area contributed by atoms with Gasteiger partial charge in [0.25, 0.3) is 0 Å². The molecule has 0 saturated heterocycles. The monoisotopic (exact) mass is 247 g/mol. The van der Waals surface area contributed by atoms with Crippen LogP contribution < -0.4 is 5.73 Å². The highest BCUT2D eigenvalue weighted by Crippen LogP contribution is 2.39. The molecule has 0 fully saturated rings. The van der Waals surface area contributed by atoms with E-state index in [0.29, 0.717) is 0 Å². The van der Waals surface area contributed by atoms with Crippen LogP contribution >= 0.6 is 0 Å². The molecule has 2 nitrogen and oxygen atoms in total. The molecule has 0 amide bonds. The number of nitrogens with two attached hydrogens (primary N) is 1. The predicted molar refractivity (Wildman–Crippen MR) is 59.2 cm³/mol. The van der Waals surface area contributed by atoms with Crippen molar-refractivity contribution in [2.45, 2.75) is 25.6 Å². The molecule has 2 atom stereocenters. The molecular formula is C12H16F3NO. The van der Waals surface area contributed by atoms with Gasteiger partial charge in [0.2, 0.25) is 0 Å². The van der Waals surface area contributed by atoms with Gasteiger partial charge < -0.3 is 10.8 Å². The molecule has 0 radical (unpaired) electrons. The Bertz CT molecular complexity index is 388. The van der Waals surface area contributed by atoms with Crippen LogP contribution in [-0.2, 0) is 11.8 Å². The lowest BCUT2D eigenvalue weighted by molar-refractivity contribution is -0.141. The maximum Gasteiger partial charge on any atom is 0.416 e. The molecule has 0 bridgehead atoms. The second kappa shape index (κ2) is 4.66. The van der Waals surface area contributed by atoms with E-state index in [4.69, 9.17) is 5.73 Å². The van der Waals surface area contributed by atoms with Crippen molar-refractivity contribution >= 4 is 0 Å². The van der Waals surface area contributed by atoms with E-state index in [1.807, 2.05) is 0 Å². The Kier molecular flexibility index (Phi) is 3.84. The molecule has 0 aliphatic heterocycles. The van der Waals surface area contributed by atoms with Crippen LogP contribution in [0, 0.1) is 5.92 Å². The highest BCUT2D eigenvalue weighted by atomic mass is 19.4. The average molecular weight is 247 g/mol. The molecule has 1 aromatic carbocycles. The first-order chi connectivity index (χ1) is 7.71. The van der Waals surface area contributed by atoms with E-state index in [2.05, 4.69) is 0 Å². The first-order valence-corrected chi connectivity index (χ1v) is 5.30. The summed E-state index contributed by atoms with van der Waals surface area (Å²) >= 11 is 0. The minimum Gasteiger partial charge on any atom is -0.385 e. The van der Waals surface area contributed by atoms with Gasteiger partial charge >= 0.3 is 6.18 Å². The molecule has 17 heavy (non-hydrogen) atoms. The third-order valence-corrected chi connectivity index (χ3v) is 3.09. The van der Waals surface area contributed by atoms with Crippen molar-refractivity contribution in [2.75, 3.05) is 6.54 Å². The normalized spacial score (nSPS) is 17.6. The molecular weight excluding hydrogens is 231 g/mol. The van der Waals surface area contributed by atoms with Crippen LogP contribution in [0.4, 0.5) is 13.2 Å². The summed E-state index contributed by atoms with van der Waals surface area (Å²) in [6.07, 6.45) is -4.48. The Morgan fingerprint density at radius 1 is 1.24 bits per heavy atom. The molecule has 0 aliphatic carbocycles. The van der Waals surface area contributed by atoms with E-state index in [1.165, 1.54) is 25.1 Å². The summed E-state index contributed by atoms with van der Waals surface area (Å²) in [6.45, 7) is 3.08. The number of hydrogen-bond donors (Lipinski definition) is 2. The fourth-order valence-electron chi connectivity index (χ4n) is 1.67.